The smallest absolute Gasteiger partial charge is 0.302 e. The third-order valence-electron chi connectivity index (χ3n) is 7.84. The Labute approximate surface area is 155 Å². The first-order valence-electron chi connectivity index (χ1n) is 10.7. The van der Waals surface area contributed by atoms with E-state index < -0.39 is 6.10 Å². The topological polar surface area (TPSA) is 71.6 Å². The summed E-state index contributed by atoms with van der Waals surface area (Å²) in [6.07, 6.45) is 11.3. The molecule has 9 unspecified atom stereocenters. The lowest BCUT2D eigenvalue weighted by Crippen LogP contribution is -2.43. The highest BCUT2D eigenvalue weighted by molar-refractivity contribution is 5.66. The zero-order valence-corrected chi connectivity index (χ0v) is 15.7. The van der Waals surface area contributed by atoms with E-state index in [0.29, 0.717) is 36.3 Å². The molecule has 0 bridgehead atoms. The van der Waals surface area contributed by atoms with Crippen molar-refractivity contribution >= 4 is 5.97 Å². The minimum atomic E-state index is -0.512. The summed E-state index contributed by atoms with van der Waals surface area (Å²) in [6, 6.07) is 0. The van der Waals surface area contributed by atoms with Gasteiger partial charge in [-0.3, -0.25) is 4.79 Å². The lowest BCUT2D eigenvalue weighted by molar-refractivity contribution is -0.157. The summed E-state index contributed by atoms with van der Waals surface area (Å²) in [5.74, 6) is 2.37. The number of carbonyl (C=O) groups excluding carboxylic acids is 1. The van der Waals surface area contributed by atoms with Gasteiger partial charge in [0.2, 0.25) is 0 Å². The molecular weight excluding hydrogens is 332 g/mol. The van der Waals surface area contributed by atoms with Gasteiger partial charge >= 0.3 is 5.97 Å². The average molecular weight is 364 g/mol. The van der Waals surface area contributed by atoms with Crippen LogP contribution in [0.2, 0.25) is 0 Å². The molecule has 0 aromatic rings. The van der Waals surface area contributed by atoms with Crippen molar-refractivity contribution in [2.75, 3.05) is 0 Å². The van der Waals surface area contributed by atoms with Gasteiger partial charge in [0.25, 0.3) is 0 Å². The lowest BCUT2D eigenvalue weighted by atomic mass is 9.61. The second-order valence-electron chi connectivity index (χ2n) is 9.44. The molecule has 5 heteroatoms. The number of aliphatic hydroxyl groups excluding tert-OH is 1. The predicted molar refractivity (Wildman–Crippen MR) is 94.4 cm³/mol. The summed E-state index contributed by atoms with van der Waals surface area (Å²) in [7, 11) is 0. The highest BCUT2D eigenvalue weighted by Crippen LogP contribution is 2.53. The molecule has 5 fully saturated rings. The molecule has 5 nitrogen and oxygen atoms in total. The Morgan fingerprint density at radius 1 is 0.846 bits per heavy atom. The molecule has 0 spiro atoms. The highest BCUT2D eigenvalue weighted by Gasteiger charge is 2.52. The first-order chi connectivity index (χ1) is 12.6. The fraction of sp³-hybridized carbons (Fsp3) is 0.952. The Bertz CT molecular complexity index is 523. The maximum Gasteiger partial charge on any atom is 0.302 e. The van der Waals surface area contributed by atoms with Crippen molar-refractivity contribution < 1.29 is 24.1 Å². The first-order valence-corrected chi connectivity index (χ1v) is 10.7. The van der Waals surface area contributed by atoms with E-state index in [9.17, 15) is 9.90 Å². The van der Waals surface area contributed by atoms with Crippen molar-refractivity contribution in [3.63, 3.8) is 0 Å². The molecule has 3 aliphatic carbocycles. The zero-order valence-electron chi connectivity index (χ0n) is 15.7. The molecule has 0 amide bonds. The summed E-state index contributed by atoms with van der Waals surface area (Å²) in [5, 5.41) is 10.6. The monoisotopic (exact) mass is 364 g/mol. The maximum absolute atomic E-state index is 11.3. The molecule has 0 aromatic carbocycles. The van der Waals surface area contributed by atoms with Gasteiger partial charge in [0, 0.05) is 6.92 Å². The summed E-state index contributed by atoms with van der Waals surface area (Å²) >= 11 is 0. The van der Waals surface area contributed by atoms with E-state index in [2.05, 4.69) is 0 Å². The van der Waals surface area contributed by atoms with Gasteiger partial charge in [-0.25, -0.2) is 0 Å². The van der Waals surface area contributed by atoms with E-state index >= 15 is 0 Å². The molecule has 5 rings (SSSR count). The number of esters is 1. The highest BCUT2D eigenvalue weighted by atomic mass is 16.6. The Morgan fingerprint density at radius 2 is 1.38 bits per heavy atom. The summed E-state index contributed by atoms with van der Waals surface area (Å²) in [6.45, 7) is 1.43. The van der Waals surface area contributed by atoms with E-state index in [1.54, 1.807) is 0 Å². The van der Waals surface area contributed by atoms with E-state index in [1.165, 1.54) is 45.4 Å². The molecule has 2 aliphatic heterocycles. The maximum atomic E-state index is 11.3. The van der Waals surface area contributed by atoms with Crippen molar-refractivity contribution in [2.24, 2.45) is 23.7 Å². The van der Waals surface area contributed by atoms with Crippen LogP contribution in [0.3, 0.4) is 0 Å². The number of aliphatic hydroxyl groups is 1. The quantitative estimate of drug-likeness (QED) is 0.613. The largest absolute Gasteiger partial charge is 0.460 e. The SMILES string of the molecule is CC(=O)OC1CCC(C(C2CCC3OC3C2)C2CCC3OC3C2)CC1O. The molecule has 1 N–H and O–H groups in total. The Hall–Kier alpha value is -0.650. The third kappa shape index (κ3) is 3.43. The molecule has 2 heterocycles. The van der Waals surface area contributed by atoms with Crippen LogP contribution in [0.5, 0.6) is 0 Å². The Balaban J connectivity index is 1.29. The van der Waals surface area contributed by atoms with Gasteiger partial charge in [-0.1, -0.05) is 0 Å². The molecule has 2 saturated heterocycles. The molecule has 9 atom stereocenters. The van der Waals surface area contributed by atoms with Gasteiger partial charge in [-0.2, -0.15) is 0 Å². The summed E-state index contributed by atoms with van der Waals surface area (Å²) in [5.41, 5.74) is 0. The number of ether oxygens (including phenoxy) is 3. The van der Waals surface area contributed by atoms with Crippen LogP contribution in [0.4, 0.5) is 0 Å². The molecule has 5 aliphatic rings. The molecule has 0 radical (unpaired) electrons. The third-order valence-corrected chi connectivity index (χ3v) is 7.84. The van der Waals surface area contributed by atoms with Crippen molar-refractivity contribution in [3.8, 4) is 0 Å². The van der Waals surface area contributed by atoms with Gasteiger partial charge in [0.15, 0.2) is 0 Å². The van der Waals surface area contributed by atoms with Crippen LogP contribution in [-0.2, 0) is 19.0 Å². The second kappa shape index (κ2) is 6.75. The van der Waals surface area contributed by atoms with Gasteiger partial charge < -0.3 is 19.3 Å². The number of epoxide rings is 2. The van der Waals surface area contributed by atoms with Crippen LogP contribution in [-0.4, -0.2) is 47.7 Å². The Kier molecular flexibility index (Phi) is 4.53. The fourth-order valence-corrected chi connectivity index (χ4v) is 6.57. The van der Waals surface area contributed by atoms with Gasteiger partial charge in [-0.05, 0) is 81.5 Å². The fourth-order valence-electron chi connectivity index (χ4n) is 6.57. The van der Waals surface area contributed by atoms with Crippen LogP contribution in [0.1, 0.15) is 64.7 Å². The van der Waals surface area contributed by atoms with Crippen molar-refractivity contribution in [1.29, 1.82) is 0 Å². The van der Waals surface area contributed by atoms with Crippen molar-refractivity contribution in [1.82, 2.24) is 0 Å². The van der Waals surface area contributed by atoms with Gasteiger partial charge in [-0.15, -0.1) is 0 Å². The summed E-state index contributed by atoms with van der Waals surface area (Å²) in [4.78, 5) is 11.3. The normalized spacial score (nSPS) is 50.9. The average Bonchev–Trinajstić information content (AvgIpc) is 3.50. The van der Waals surface area contributed by atoms with Crippen molar-refractivity contribution in [2.45, 2.75) is 101 Å². The minimum absolute atomic E-state index is 0.280. The molecule has 0 aromatic heterocycles. The number of carbonyl (C=O) groups is 1. The van der Waals surface area contributed by atoms with E-state index in [4.69, 9.17) is 14.2 Å². The van der Waals surface area contributed by atoms with E-state index in [0.717, 1.165) is 31.1 Å². The number of hydrogen-bond donors (Lipinski definition) is 1. The Morgan fingerprint density at radius 3 is 1.88 bits per heavy atom. The van der Waals surface area contributed by atoms with Gasteiger partial charge in [0.1, 0.15) is 6.10 Å². The van der Waals surface area contributed by atoms with Crippen LogP contribution >= 0.6 is 0 Å². The van der Waals surface area contributed by atoms with Crippen LogP contribution in [0.15, 0.2) is 0 Å². The van der Waals surface area contributed by atoms with Crippen LogP contribution in [0, 0.1) is 23.7 Å². The van der Waals surface area contributed by atoms with Crippen molar-refractivity contribution in [3.05, 3.63) is 0 Å². The number of fused-ring (bicyclic) bond motifs is 2. The van der Waals surface area contributed by atoms with E-state index in [1.807, 2.05) is 0 Å². The minimum Gasteiger partial charge on any atom is -0.460 e. The predicted octanol–water partition coefficient (Wildman–Crippen LogP) is 2.83. The zero-order chi connectivity index (χ0) is 17.8. The number of rotatable bonds is 4. The van der Waals surface area contributed by atoms with E-state index in [-0.39, 0.29) is 12.1 Å². The second-order valence-corrected chi connectivity index (χ2v) is 9.44. The molecule has 26 heavy (non-hydrogen) atoms. The summed E-state index contributed by atoms with van der Waals surface area (Å²) < 4.78 is 17.0. The first kappa shape index (κ1) is 17.4. The number of hydrogen-bond acceptors (Lipinski definition) is 5. The van der Waals surface area contributed by atoms with Crippen LogP contribution < -0.4 is 0 Å². The lowest BCUT2D eigenvalue weighted by Gasteiger charge is -2.44. The molecular formula is C21H32O5. The standard InChI is InChI=1S/C21H32O5/c1-11(22)24-16-5-2-12(8-15(16)23)21(13-3-6-17-19(9-13)25-17)14-4-7-18-20(10-14)26-18/h12-21,23H,2-10H2,1H3. The van der Waals surface area contributed by atoms with Gasteiger partial charge in [0.05, 0.1) is 30.5 Å². The van der Waals surface area contributed by atoms with Crippen LogP contribution in [0.25, 0.3) is 0 Å². The molecule has 3 saturated carbocycles. The molecule has 146 valence electrons.